The van der Waals surface area contributed by atoms with E-state index in [1.165, 1.54) is 6.20 Å². The summed E-state index contributed by atoms with van der Waals surface area (Å²) in [5.41, 5.74) is 0.914. The molecule has 0 aliphatic carbocycles. The van der Waals surface area contributed by atoms with Crippen molar-refractivity contribution < 1.29 is 17.8 Å². The predicted octanol–water partition coefficient (Wildman–Crippen LogP) is 4.61. The number of nitrogens with zero attached hydrogens (tertiary/aromatic N) is 4. The molecule has 0 amide bonds. The zero-order valence-electron chi connectivity index (χ0n) is 19.6. The Labute approximate surface area is 208 Å². The second-order valence-corrected chi connectivity index (χ2v) is 9.86. The number of ketones is 1. The fourth-order valence-corrected chi connectivity index (χ4v) is 5.11. The van der Waals surface area contributed by atoms with Crippen molar-refractivity contribution in [1.82, 2.24) is 19.9 Å². The Morgan fingerprint density at radius 2 is 1.83 bits per heavy atom. The van der Waals surface area contributed by atoms with Crippen molar-refractivity contribution in [3.63, 3.8) is 0 Å². The molecule has 3 aromatic heterocycles. The lowest BCUT2D eigenvalue weighted by molar-refractivity contribution is 0.103. The summed E-state index contributed by atoms with van der Waals surface area (Å²) in [7, 11) is -1.55. The minimum Gasteiger partial charge on any atom is -0.345 e. The van der Waals surface area contributed by atoms with Crippen molar-refractivity contribution in [2.75, 3.05) is 28.5 Å². The van der Waals surface area contributed by atoms with E-state index in [1.807, 2.05) is 6.92 Å². The van der Waals surface area contributed by atoms with Gasteiger partial charge < -0.3 is 14.6 Å². The summed E-state index contributed by atoms with van der Waals surface area (Å²) in [6.07, 6.45) is 9.25. The van der Waals surface area contributed by atoms with E-state index in [9.17, 15) is 13.4 Å². The van der Waals surface area contributed by atoms with Gasteiger partial charge in [0.25, 0.3) is 0 Å². The molecule has 1 aliphatic heterocycles. The summed E-state index contributed by atoms with van der Waals surface area (Å²) in [6.45, 7) is 3.70. The third kappa shape index (κ3) is 4.58. The molecule has 8 nitrogen and oxygen atoms in total. The topological polar surface area (TPSA) is 104 Å². The van der Waals surface area contributed by atoms with Crippen LogP contribution in [0.2, 0.25) is 0 Å². The van der Waals surface area contributed by atoms with Gasteiger partial charge in [-0.05, 0) is 37.5 Å². The highest BCUT2D eigenvalue weighted by atomic mass is 32.2. The number of anilines is 2. The molecule has 11 heteroatoms. The predicted molar refractivity (Wildman–Crippen MR) is 135 cm³/mol. The number of H-pyrrole nitrogens is 1. The van der Waals surface area contributed by atoms with Crippen LogP contribution in [0.1, 0.15) is 42.1 Å². The van der Waals surface area contributed by atoms with Gasteiger partial charge in [0.1, 0.15) is 22.5 Å². The summed E-state index contributed by atoms with van der Waals surface area (Å²) in [4.78, 5) is 31.6. The molecular weight excluding hydrogens is 486 g/mol. The third-order valence-corrected chi connectivity index (χ3v) is 7.29. The van der Waals surface area contributed by atoms with Crippen LogP contribution in [0.15, 0.2) is 43.0 Å². The molecule has 1 aliphatic rings. The molecule has 0 radical (unpaired) electrons. The molecule has 1 aromatic carbocycles. The Morgan fingerprint density at radius 3 is 2.56 bits per heavy atom. The van der Waals surface area contributed by atoms with Crippen molar-refractivity contribution >= 4 is 39.4 Å². The number of carbonyl (C=O) groups excluding carboxylic acids is 1. The number of benzene rings is 1. The Kier molecular flexibility index (Phi) is 6.73. The number of carbonyl (C=O) groups is 1. The molecular formula is C25H24F2N6O2S. The van der Waals surface area contributed by atoms with E-state index in [0.717, 1.165) is 38.1 Å². The molecule has 1 fully saturated rings. The second-order valence-electron chi connectivity index (χ2n) is 8.55. The van der Waals surface area contributed by atoms with Crippen LogP contribution in [0.3, 0.4) is 0 Å². The second kappa shape index (κ2) is 10.1. The average Bonchev–Trinajstić information content (AvgIpc) is 3.56. The number of hydrogen-bond acceptors (Lipinski definition) is 6. The van der Waals surface area contributed by atoms with E-state index in [0.29, 0.717) is 40.3 Å². The van der Waals surface area contributed by atoms with Crippen LogP contribution < -0.4 is 9.62 Å². The quantitative estimate of drug-likeness (QED) is 0.336. The summed E-state index contributed by atoms with van der Waals surface area (Å²) in [6, 6.07) is 3.84. The molecule has 0 bridgehead atoms. The lowest BCUT2D eigenvalue weighted by Crippen LogP contribution is -2.20. The molecule has 36 heavy (non-hydrogen) atoms. The van der Waals surface area contributed by atoms with Gasteiger partial charge in [0.2, 0.25) is 11.7 Å². The molecule has 4 aromatic rings. The van der Waals surface area contributed by atoms with E-state index in [2.05, 4.69) is 29.6 Å². The van der Waals surface area contributed by atoms with Gasteiger partial charge in [-0.2, -0.15) is 0 Å². The summed E-state index contributed by atoms with van der Waals surface area (Å²) in [5.74, 6) is -1.98. The van der Waals surface area contributed by atoms with E-state index >= 15 is 4.39 Å². The van der Waals surface area contributed by atoms with Gasteiger partial charge in [-0.25, -0.2) is 27.9 Å². The van der Waals surface area contributed by atoms with Crippen LogP contribution in [0.4, 0.5) is 20.4 Å². The zero-order valence-corrected chi connectivity index (χ0v) is 20.4. The fourth-order valence-electron chi connectivity index (χ4n) is 4.23. The Morgan fingerprint density at radius 1 is 1.11 bits per heavy atom. The molecule has 1 unspecified atom stereocenters. The molecule has 5 rings (SSSR count). The number of nitrogens with one attached hydrogen (secondary N) is 2. The molecule has 0 spiro atoms. The van der Waals surface area contributed by atoms with Gasteiger partial charge in [-0.15, -0.1) is 0 Å². The first-order chi connectivity index (χ1) is 17.5. The highest BCUT2D eigenvalue weighted by Gasteiger charge is 2.25. The van der Waals surface area contributed by atoms with Gasteiger partial charge in [-0.1, -0.05) is 6.92 Å². The minimum atomic E-state index is -1.55. The van der Waals surface area contributed by atoms with Crippen LogP contribution in [0.25, 0.3) is 22.2 Å². The number of fused-ring (bicyclic) bond motifs is 1. The normalized spacial score (nSPS) is 14.4. The Bertz CT molecular complexity index is 1450. The van der Waals surface area contributed by atoms with Crippen molar-refractivity contribution in [2.45, 2.75) is 26.2 Å². The maximum Gasteiger partial charge on any atom is 0.225 e. The van der Waals surface area contributed by atoms with E-state index in [1.54, 1.807) is 24.7 Å². The number of pyridine rings is 1. The van der Waals surface area contributed by atoms with E-state index in [4.69, 9.17) is 0 Å². The third-order valence-electron chi connectivity index (χ3n) is 6.07. The number of halogens is 2. The summed E-state index contributed by atoms with van der Waals surface area (Å²) in [5, 5.41) is 0.410. The van der Waals surface area contributed by atoms with Crippen molar-refractivity contribution in [3.8, 4) is 11.1 Å². The van der Waals surface area contributed by atoms with Gasteiger partial charge in [0, 0.05) is 65.7 Å². The van der Waals surface area contributed by atoms with Crippen LogP contribution in [-0.2, 0) is 11.0 Å². The van der Waals surface area contributed by atoms with Crippen molar-refractivity contribution in [3.05, 3.63) is 65.7 Å². The molecule has 0 saturated carbocycles. The minimum absolute atomic E-state index is 0.0681. The van der Waals surface area contributed by atoms with Crippen LogP contribution in [0.5, 0.6) is 0 Å². The summed E-state index contributed by atoms with van der Waals surface area (Å²) >= 11 is 0. The number of aromatic nitrogens is 4. The zero-order chi connectivity index (χ0) is 25.2. The van der Waals surface area contributed by atoms with Gasteiger partial charge >= 0.3 is 0 Å². The maximum atomic E-state index is 15.2. The number of hydrogen-bond donors (Lipinski definition) is 2. The van der Waals surface area contributed by atoms with Crippen LogP contribution >= 0.6 is 0 Å². The number of aromatic amines is 1. The highest BCUT2D eigenvalue weighted by molar-refractivity contribution is 7.86. The van der Waals surface area contributed by atoms with Crippen molar-refractivity contribution in [1.29, 1.82) is 0 Å². The Hall–Kier alpha value is -3.73. The lowest BCUT2D eigenvalue weighted by Gasteiger charge is -2.14. The molecule has 1 atom stereocenters. The number of rotatable bonds is 8. The molecule has 2 N–H and O–H groups in total. The average molecular weight is 511 g/mol. The van der Waals surface area contributed by atoms with Crippen molar-refractivity contribution in [2.24, 2.45) is 0 Å². The summed E-state index contributed by atoms with van der Waals surface area (Å²) < 4.78 is 44.4. The molecule has 1 saturated heterocycles. The highest BCUT2D eigenvalue weighted by Crippen LogP contribution is 2.29. The van der Waals surface area contributed by atoms with Gasteiger partial charge in [-0.3, -0.25) is 4.79 Å². The first-order valence-electron chi connectivity index (χ1n) is 11.7. The largest absolute Gasteiger partial charge is 0.345 e. The standard InChI is InChI=1S/C25H24F2N6O2S/c1-2-9-36(35)32-20-6-5-19(26)21(22(20)27)23(34)18-14-29-24-17(18)10-15(11-28-24)16-12-30-25(31-13-16)33-7-3-4-8-33/h5-6,10-14,32H,2-4,7-9H2,1H3,(H,28,29). The van der Waals surface area contributed by atoms with E-state index in [-0.39, 0.29) is 11.3 Å². The molecule has 4 heterocycles. The van der Waals surface area contributed by atoms with Gasteiger partial charge in [0.15, 0.2) is 5.82 Å². The van der Waals surface area contributed by atoms with Crippen LogP contribution in [-0.4, -0.2) is 48.8 Å². The van der Waals surface area contributed by atoms with Crippen LogP contribution in [0, 0.1) is 11.6 Å². The fraction of sp³-hybridized carbons (Fsp3) is 0.280. The smallest absolute Gasteiger partial charge is 0.225 e. The SMILES string of the molecule is CCCS(=O)Nc1ccc(F)c(C(=O)c2c[nH]c3ncc(-c4cnc(N5CCCC5)nc4)cc23)c1F. The first kappa shape index (κ1) is 24.0. The van der Waals surface area contributed by atoms with Gasteiger partial charge in [0.05, 0.1) is 11.3 Å². The lowest BCUT2D eigenvalue weighted by atomic mass is 10.0. The molecule has 186 valence electrons. The van der Waals surface area contributed by atoms with E-state index < -0.39 is 34.0 Å². The maximum absolute atomic E-state index is 15.2. The monoisotopic (exact) mass is 510 g/mol. The Balaban J connectivity index is 1.48. The first-order valence-corrected chi connectivity index (χ1v) is 13.0.